The number of hydrogen-bond acceptors (Lipinski definition) is 6. The normalized spacial score (nSPS) is 13.9. The number of allylic oxidation sites excluding steroid dienone is 18. The summed E-state index contributed by atoms with van der Waals surface area (Å²) in [6.07, 6.45) is 58.4. The molecule has 0 aromatic carbocycles. The second-order valence-corrected chi connectivity index (χ2v) is 16.5. The standard InChI is InChI=1S/C53H85NO7/c1-6-8-10-12-14-16-18-20-22-24-26-28-30-32-34-36-38-40-42-44-52(56)61-49(47-59-46-45-50(53(57)58)54(3,4)5)48-60-51(55)43-41-39-37-35-33-31-29-27-25-23-21-19-17-15-13-11-9-7-2/h8,10,12,14,16,18,20,22-30,32,34,49-50H,6-7,9,11,13,15,17,19,21,31,33,35-48H2,1-5H3/p+1/b10-8+,14-12+,18-16+,22-20+,25-23+,26-24+,29-27+,30-28+,34-32+. The van der Waals surface area contributed by atoms with Gasteiger partial charge in [0.2, 0.25) is 0 Å². The Labute approximate surface area is 372 Å². The zero-order chi connectivity index (χ0) is 44.9. The summed E-state index contributed by atoms with van der Waals surface area (Å²) in [5, 5.41) is 9.64. The van der Waals surface area contributed by atoms with E-state index in [0.717, 1.165) is 70.6 Å². The lowest BCUT2D eigenvalue weighted by Gasteiger charge is -2.31. The Balaban J connectivity index is 4.48. The van der Waals surface area contributed by atoms with Gasteiger partial charge in [0.1, 0.15) is 6.61 Å². The van der Waals surface area contributed by atoms with Crippen molar-refractivity contribution in [1.29, 1.82) is 0 Å². The third kappa shape index (κ3) is 41.1. The highest BCUT2D eigenvalue weighted by Gasteiger charge is 2.31. The summed E-state index contributed by atoms with van der Waals surface area (Å²) in [5.74, 6) is -1.56. The monoisotopic (exact) mass is 849 g/mol. The fourth-order valence-corrected chi connectivity index (χ4v) is 6.24. The Morgan fingerprint density at radius 2 is 0.918 bits per heavy atom. The van der Waals surface area contributed by atoms with Crippen LogP contribution in [-0.2, 0) is 28.6 Å². The summed E-state index contributed by atoms with van der Waals surface area (Å²) in [4.78, 5) is 37.1. The molecule has 0 aromatic rings. The Kier molecular flexibility index (Phi) is 39.9. The van der Waals surface area contributed by atoms with Gasteiger partial charge in [-0.1, -0.05) is 187 Å². The van der Waals surface area contributed by atoms with Gasteiger partial charge in [-0.25, -0.2) is 4.79 Å². The van der Waals surface area contributed by atoms with Crippen molar-refractivity contribution in [2.75, 3.05) is 41.0 Å². The molecule has 0 bridgehead atoms. The molecule has 8 nitrogen and oxygen atoms in total. The lowest BCUT2D eigenvalue weighted by Crippen LogP contribution is -2.50. The molecule has 8 heteroatoms. The smallest absolute Gasteiger partial charge is 0.362 e. The number of rotatable bonds is 40. The Bertz CT molecular complexity index is 1360. The van der Waals surface area contributed by atoms with Crippen LogP contribution in [0.2, 0.25) is 0 Å². The number of quaternary nitrogens is 1. The Morgan fingerprint density at radius 1 is 0.508 bits per heavy atom. The molecule has 0 amide bonds. The van der Waals surface area contributed by atoms with Gasteiger partial charge in [-0.3, -0.25) is 9.59 Å². The van der Waals surface area contributed by atoms with Crippen molar-refractivity contribution in [2.45, 2.75) is 167 Å². The molecule has 2 atom stereocenters. The molecule has 0 aliphatic heterocycles. The van der Waals surface area contributed by atoms with E-state index in [2.05, 4.69) is 50.3 Å². The first-order valence-electron chi connectivity index (χ1n) is 23.5. The first kappa shape index (κ1) is 57.0. The summed E-state index contributed by atoms with van der Waals surface area (Å²) in [5.41, 5.74) is 0. The number of aliphatic carboxylic acids is 1. The molecule has 2 unspecified atom stereocenters. The molecule has 0 fully saturated rings. The summed E-state index contributed by atoms with van der Waals surface area (Å²) in [6.45, 7) is 4.50. The molecule has 344 valence electrons. The molecule has 0 saturated heterocycles. The van der Waals surface area contributed by atoms with Gasteiger partial charge in [-0.05, 0) is 57.8 Å². The largest absolute Gasteiger partial charge is 0.477 e. The highest BCUT2D eigenvalue weighted by Crippen LogP contribution is 2.13. The molecule has 0 spiro atoms. The number of unbranched alkanes of at least 4 members (excludes halogenated alkanes) is 15. The quantitative estimate of drug-likeness (QED) is 0.0284. The van der Waals surface area contributed by atoms with Crippen LogP contribution in [0.4, 0.5) is 0 Å². The first-order valence-corrected chi connectivity index (χ1v) is 23.5. The zero-order valence-electron chi connectivity index (χ0n) is 39.1. The maximum Gasteiger partial charge on any atom is 0.362 e. The van der Waals surface area contributed by atoms with Gasteiger partial charge < -0.3 is 23.8 Å². The highest BCUT2D eigenvalue weighted by molar-refractivity contribution is 5.72. The van der Waals surface area contributed by atoms with Gasteiger partial charge in [0.15, 0.2) is 12.1 Å². The minimum Gasteiger partial charge on any atom is -0.477 e. The van der Waals surface area contributed by atoms with Gasteiger partial charge in [-0.2, -0.15) is 0 Å². The molecule has 0 radical (unpaired) electrons. The summed E-state index contributed by atoms with van der Waals surface area (Å²) in [6, 6.07) is -0.633. The van der Waals surface area contributed by atoms with Crippen LogP contribution in [0.25, 0.3) is 0 Å². The van der Waals surface area contributed by atoms with Crippen molar-refractivity contribution >= 4 is 17.9 Å². The van der Waals surface area contributed by atoms with Gasteiger partial charge in [0.25, 0.3) is 0 Å². The maximum atomic E-state index is 12.7. The lowest BCUT2D eigenvalue weighted by molar-refractivity contribution is -0.887. The average molecular weight is 849 g/mol. The number of carboxylic acids is 1. The van der Waals surface area contributed by atoms with Gasteiger partial charge in [-0.15, -0.1) is 0 Å². The molecule has 61 heavy (non-hydrogen) atoms. The van der Waals surface area contributed by atoms with Crippen molar-refractivity contribution in [3.63, 3.8) is 0 Å². The van der Waals surface area contributed by atoms with Crippen molar-refractivity contribution in [3.05, 3.63) is 109 Å². The van der Waals surface area contributed by atoms with E-state index < -0.39 is 18.1 Å². The lowest BCUT2D eigenvalue weighted by atomic mass is 10.1. The number of nitrogens with zero attached hydrogens (tertiary/aromatic N) is 1. The van der Waals surface area contributed by atoms with Crippen molar-refractivity contribution in [2.24, 2.45) is 0 Å². The number of ether oxygens (including phenoxy) is 3. The number of esters is 2. The average Bonchev–Trinajstić information content (AvgIpc) is 3.22. The van der Waals surface area contributed by atoms with Gasteiger partial charge in [0, 0.05) is 19.3 Å². The molecule has 0 heterocycles. The summed E-state index contributed by atoms with van der Waals surface area (Å²) < 4.78 is 17.2. The minimum absolute atomic E-state index is 0.0293. The third-order valence-corrected chi connectivity index (χ3v) is 9.88. The second kappa shape index (κ2) is 42.7. The number of carbonyl (C=O) groups is 3. The zero-order valence-corrected chi connectivity index (χ0v) is 39.1. The van der Waals surface area contributed by atoms with E-state index in [9.17, 15) is 19.5 Å². The van der Waals surface area contributed by atoms with Crippen LogP contribution >= 0.6 is 0 Å². The Morgan fingerprint density at radius 3 is 1.39 bits per heavy atom. The minimum atomic E-state index is -0.891. The third-order valence-electron chi connectivity index (χ3n) is 9.88. The van der Waals surface area contributed by atoms with Crippen LogP contribution in [0.3, 0.4) is 0 Å². The molecular weight excluding hydrogens is 763 g/mol. The van der Waals surface area contributed by atoms with Crippen molar-refractivity contribution in [1.82, 2.24) is 0 Å². The second-order valence-electron chi connectivity index (χ2n) is 16.5. The van der Waals surface area contributed by atoms with E-state index >= 15 is 0 Å². The Hall–Kier alpha value is -4.01. The van der Waals surface area contributed by atoms with Crippen LogP contribution in [0.1, 0.15) is 155 Å². The molecule has 0 aromatic heterocycles. The topological polar surface area (TPSA) is 99.1 Å². The predicted octanol–water partition coefficient (Wildman–Crippen LogP) is 13.2. The molecule has 0 aliphatic rings. The highest BCUT2D eigenvalue weighted by atomic mass is 16.6. The fraction of sp³-hybridized carbons (Fsp3) is 0.604. The van der Waals surface area contributed by atoms with E-state index in [4.69, 9.17) is 14.2 Å². The first-order chi connectivity index (χ1) is 29.6. The molecule has 1 N–H and O–H groups in total. The van der Waals surface area contributed by atoms with Gasteiger partial charge in [0.05, 0.1) is 34.4 Å². The molecule has 0 aliphatic carbocycles. The maximum absolute atomic E-state index is 12.7. The van der Waals surface area contributed by atoms with Crippen molar-refractivity contribution in [3.8, 4) is 0 Å². The van der Waals surface area contributed by atoms with Crippen LogP contribution in [0.15, 0.2) is 109 Å². The van der Waals surface area contributed by atoms with Crippen LogP contribution in [-0.4, -0.2) is 80.6 Å². The molecule has 0 saturated carbocycles. The summed E-state index contributed by atoms with van der Waals surface area (Å²) >= 11 is 0. The molecular formula is C53H86NO7+. The fourth-order valence-electron chi connectivity index (χ4n) is 6.24. The number of hydrogen-bond donors (Lipinski definition) is 1. The summed E-state index contributed by atoms with van der Waals surface area (Å²) in [7, 11) is 5.49. The van der Waals surface area contributed by atoms with Crippen LogP contribution in [0, 0.1) is 0 Å². The van der Waals surface area contributed by atoms with E-state index in [0.29, 0.717) is 19.3 Å². The number of likely N-dealkylation sites (N-methyl/N-ethyl adjacent to an activating group) is 1. The van der Waals surface area contributed by atoms with E-state index in [1.165, 1.54) is 44.9 Å². The predicted molar refractivity (Wildman–Crippen MR) is 256 cm³/mol. The van der Waals surface area contributed by atoms with Crippen molar-refractivity contribution < 1.29 is 38.2 Å². The number of carboxylic acid groups (broad SMARTS) is 1. The van der Waals surface area contributed by atoms with E-state index in [1.54, 1.807) is 0 Å². The SMILES string of the molecule is CC/C=C/C=C/C=C/C=C/C=C/C=C/C=C/CCCCCC(=O)OC(COCCC(C(=O)O)[N+](C)(C)C)COC(=O)CCCCCCC/C=C/C=C/CCCCCCCCC. The molecule has 0 rings (SSSR count). The van der Waals surface area contributed by atoms with Crippen LogP contribution in [0.5, 0.6) is 0 Å². The van der Waals surface area contributed by atoms with E-state index in [1.807, 2.05) is 94.1 Å². The van der Waals surface area contributed by atoms with Crippen LogP contribution < -0.4 is 0 Å². The van der Waals surface area contributed by atoms with Gasteiger partial charge >= 0.3 is 17.9 Å². The van der Waals surface area contributed by atoms with E-state index in [-0.39, 0.29) is 42.7 Å². The number of carbonyl (C=O) groups excluding carboxylic acids is 2.